The summed E-state index contributed by atoms with van der Waals surface area (Å²) in [5.74, 6) is -4.59. The number of nitrogens with one attached hydrogen (secondary N) is 4. The van der Waals surface area contributed by atoms with Crippen molar-refractivity contribution in [2.24, 2.45) is 11.8 Å². The second kappa shape index (κ2) is 15.6. The molecule has 2 bridgehead atoms. The molecule has 218 valence electrons. The van der Waals surface area contributed by atoms with Crippen LogP contribution in [0.15, 0.2) is 23.9 Å². The highest BCUT2D eigenvalue weighted by atomic mass is 33.5. The lowest BCUT2D eigenvalue weighted by molar-refractivity contribution is -0.153. The van der Waals surface area contributed by atoms with Crippen LogP contribution in [-0.4, -0.2) is 74.4 Å². The van der Waals surface area contributed by atoms with Gasteiger partial charge in [-0.05, 0) is 24.8 Å². The van der Waals surface area contributed by atoms with E-state index in [1.807, 2.05) is 0 Å². The van der Waals surface area contributed by atoms with Crippen molar-refractivity contribution in [3.05, 3.63) is 23.9 Å². The Balaban J connectivity index is 2.62. The van der Waals surface area contributed by atoms with Gasteiger partial charge in [0, 0.05) is 6.42 Å². The van der Waals surface area contributed by atoms with Crippen LogP contribution in [0.2, 0.25) is 0 Å². The molecular formula is C24H36N4O8S3. The van der Waals surface area contributed by atoms with Gasteiger partial charge in [-0.25, -0.2) is 4.79 Å². The SMILES string of the molecule is CC=C1NC(=O)[C@H]2CS[S+]([O-])[S+]([O-])CC/C=C/[C@H](CC(=O)N[C@H](C(C)C)C(=O)N2)OC(=O)C(C(C)C)NC1=O. The van der Waals surface area contributed by atoms with Crippen molar-refractivity contribution in [1.82, 2.24) is 21.3 Å². The van der Waals surface area contributed by atoms with Gasteiger partial charge in [0.15, 0.2) is 16.0 Å². The number of fused-ring (bicyclic) bond motifs is 7. The molecule has 0 aromatic heterocycles. The Morgan fingerprint density at radius 1 is 1.00 bits per heavy atom. The number of hydrogen-bond donors (Lipinski definition) is 4. The number of esters is 1. The molecule has 39 heavy (non-hydrogen) atoms. The van der Waals surface area contributed by atoms with E-state index in [1.54, 1.807) is 33.8 Å². The Morgan fingerprint density at radius 2 is 1.67 bits per heavy atom. The van der Waals surface area contributed by atoms with Crippen LogP contribution < -0.4 is 21.3 Å². The van der Waals surface area contributed by atoms with Crippen molar-refractivity contribution < 1.29 is 37.8 Å². The summed E-state index contributed by atoms with van der Waals surface area (Å²) >= 11 is 0. The van der Waals surface area contributed by atoms with Crippen molar-refractivity contribution in [2.45, 2.75) is 71.7 Å². The standard InChI is InChI=1S/C24H36N4O8S3/c1-6-16-21(30)28-20(14(4)5)24(33)36-15-9-7-8-10-38(34)39(35)37-12-17(22(31)25-16)26-23(32)19(13(2)3)27-18(29)11-15/h6-7,9,13-15,17,19-20H,8,10-12H2,1-5H3,(H,25,31)(H,26,32)(H,27,29)(H,28,30)/b9-7+,16-6?/t15-,17-,19-,20?,38?,39?/m1/s1. The molecular weight excluding hydrogens is 568 g/mol. The minimum Gasteiger partial charge on any atom is -0.570 e. The van der Waals surface area contributed by atoms with E-state index in [4.69, 9.17) is 4.74 Å². The van der Waals surface area contributed by atoms with E-state index in [2.05, 4.69) is 21.3 Å². The molecule has 6 atom stereocenters. The lowest BCUT2D eigenvalue weighted by Crippen LogP contribution is -2.57. The van der Waals surface area contributed by atoms with Crippen LogP contribution in [0.5, 0.6) is 0 Å². The van der Waals surface area contributed by atoms with Crippen LogP contribution in [0.25, 0.3) is 0 Å². The summed E-state index contributed by atoms with van der Waals surface area (Å²) in [6, 6.07) is -3.44. The third-order valence-electron chi connectivity index (χ3n) is 5.84. The molecule has 15 heteroatoms. The summed E-state index contributed by atoms with van der Waals surface area (Å²) in [6.07, 6.45) is 3.21. The molecule has 0 radical (unpaired) electrons. The number of carbonyl (C=O) groups is 5. The van der Waals surface area contributed by atoms with E-state index in [-0.39, 0.29) is 36.0 Å². The van der Waals surface area contributed by atoms with Gasteiger partial charge in [-0.2, -0.15) is 0 Å². The summed E-state index contributed by atoms with van der Waals surface area (Å²) < 4.78 is 30.7. The zero-order chi connectivity index (χ0) is 29.3. The molecule has 2 aliphatic rings. The zero-order valence-corrected chi connectivity index (χ0v) is 25.0. The Labute approximate surface area is 237 Å². The monoisotopic (exact) mass is 604 g/mol. The van der Waals surface area contributed by atoms with E-state index in [0.717, 1.165) is 10.8 Å². The summed E-state index contributed by atoms with van der Waals surface area (Å²) in [5, 5.41) is 10.2. The first-order valence-electron chi connectivity index (χ1n) is 12.5. The molecule has 0 aromatic rings. The van der Waals surface area contributed by atoms with E-state index in [0.29, 0.717) is 0 Å². The van der Waals surface area contributed by atoms with E-state index >= 15 is 0 Å². The van der Waals surface area contributed by atoms with E-state index in [1.165, 1.54) is 19.1 Å². The quantitative estimate of drug-likeness (QED) is 0.111. The molecule has 0 aliphatic carbocycles. The number of carbonyl (C=O) groups excluding carboxylic acids is 5. The Kier molecular flexibility index (Phi) is 13.2. The molecule has 1 fully saturated rings. The average Bonchev–Trinajstić information content (AvgIpc) is 2.86. The second-order valence-corrected chi connectivity index (χ2v) is 15.9. The van der Waals surface area contributed by atoms with Gasteiger partial charge in [-0.1, -0.05) is 39.8 Å². The predicted molar refractivity (Wildman–Crippen MR) is 149 cm³/mol. The van der Waals surface area contributed by atoms with Gasteiger partial charge in [0.25, 0.3) is 5.91 Å². The molecule has 4 N–H and O–H groups in total. The fraction of sp³-hybridized carbons (Fsp3) is 0.625. The van der Waals surface area contributed by atoms with Crippen molar-refractivity contribution in [1.29, 1.82) is 0 Å². The number of amides is 4. The zero-order valence-electron chi connectivity index (χ0n) is 22.5. The number of allylic oxidation sites excluding steroid dienone is 2. The van der Waals surface area contributed by atoms with Gasteiger partial charge < -0.3 is 35.1 Å². The molecule has 2 heterocycles. The molecule has 0 aromatic carbocycles. The molecule has 0 spiro atoms. The Morgan fingerprint density at radius 3 is 2.28 bits per heavy atom. The average molecular weight is 605 g/mol. The van der Waals surface area contributed by atoms with Crippen molar-refractivity contribution >= 4 is 59.8 Å². The Bertz CT molecular complexity index is 990. The summed E-state index contributed by atoms with van der Waals surface area (Å²) in [5.41, 5.74) is -0.175. The van der Waals surface area contributed by atoms with Crippen molar-refractivity contribution in [3.63, 3.8) is 0 Å². The first-order chi connectivity index (χ1) is 18.3. The first kappa shape index (κ1) is 33.0. The van der Waals surface area contributed by atoms with Gasteiger partial charge >= 0.3 is 5.97 Å². The molecule has 0 saturated carbocycles. The maximum absolute atomic E-state index is 13.2. The van der Waals surface area contributed by atoms with Crippen LogP contribution in [0.1, 0.15) is 47.5 Å². The van der Waals surface area contributed by atoms with Gasteiger partial charge in [0.2, 0.25) is 27.0 Å². The summed E-state index contributed by atoms with van der Waals surface area (Å²) in [6.45, 7) is 8.32. The molecule has 2 aliphatic heterocycles. The third-order valence-corrected chi connectivity index (χ3v) is 12.0. The van der Waals surface area contributed by atoms with E-state index < -0.39 is 79.2 Å². The molecule has 2 rings (SSSR count). The smallest absolute Gasteiger partial charge is 0.329 e. The summed E-state index contributed by atoms with van der Waals surface area (Å²) in [4.78, 5) is 65.5. The topological polar surface area (TPSA) is 189 Å². The van der Waals surface area contributed by atoms with Crippen LogP contribution >= 0.6 is 10.8 Å². The third kappa shape index (κ3) is 10.0. The van der Waals surface area contributed by atoms with Crippen LogP contribution in [0.3, 0.4) is 0 Å². The minimum absolute atomic E-state index is 0.0228. The number of ether oxygens (including phenoxy) is 1. The second-order valence-electron chi connectivity index (χ2n) is 9.63. The van der Waals surface area contributed by atoms with Gasteiger partial charge in [0.1, 0.15) is 40.7 Å². The predicted octanol–water partition coefficient (Wildman–Crippen LogP) is 0.109. The van der Waals surface area contributed by atoms with Crippen LogP contribution in [-0.2, 0) is 48.2 Å². The lowest BCUT2D eigenvalue weighted by Gasteiger charge is -2.27. The molecule has 1 saturated heterocycles. The number of hydrogen-bond acceptors (Lipinski definition) is 9. The highest BCUT2D eigenvalue weighted by Gasteiger charge is 2.36. The number of rotatable bonds is 2. The Hall–Kier alpha value is -2.20. The van der Waals surface area contributed by atoms with Gasteiger partial charge in [0.05, 0.1) is 12.2 Å². The molecule has 3 unspecified atom stereocenters. The van der Waals surface area contributed by atoms with E-state index in [9.17, 15) is 33.1 Å². The first-order valence-corrected chi connectivity index (χ1v) is 17.0. The molecule has 4 amide bonds. The molecule has 12 nitrogen and oxygen atoms in total. The van der Waals surface area contributed by atoms with Crippen LogP contribution in [0, 0.1) is 11.8 Å². The highest BCUT2D eigenvalue weighted by Crippen LogP contribution is 2.23. The van der Waals surface area contributed by atoms with Gasteiger partial charge in [-0.3, -0.25) is 19.2 Å². The fourth-order valence-corrected chi connectivity index (χ4v) is 8.51. The minimum atomic E-state index is -1.90. The maximum atomic E-state index is 13.2. The van der Waals surface area contributed by atoms with Gasteiger partial charge in [-0.15, -0.1) is 0 Å². The maximum Gasteiger partial charge on any atom is 0.329 e. The van der Waals surface area contributed by atoms with Crippen LogP contribution in [0.4, 0.5) is 0 Å². The lowest BCUT2D eigenvalue weighted by atomic mass is 10.0. The largest absolute Gasteiger partial charge is 0.570 e. The fourth-order valence-electron chi connectivity index (χ4n) is 3.62. The normalized spacial score (nSPS) is 32.4. The van der Waals surface area contributed by atoms with Crippen molar-refractivity contribution in [3.8, 4) is 0 Å². The highest BCUT2D eigenvalue weighted by molar-refractivity contribution is 9.02. The van der Waals surface area contributed by atoms with Crippen molar-refractivity contribution in [2.75, 3.05) is 11.5 Å². The summed E-state index contributed by atoms with van der Waals surface area (Å²) in [7, 11) is -2.95.